The van der Waals surface area contributed by atoms with E-state index in [0.29, 0.717) is 42.0 Å². The summed E-state index contributed by atoms with van der Waals surface area (Å²) in [6, 6.07) is 17.7. The molecule has 3 aliphatic heterocycles. The summed E-state index contributed by atoms with van der Waals surface area (Å²) in [4.78, 5) is 64.7. The van der Waals surface area contributed by atoms with Gasteiger partial charge in [-0.1, -0.05) is 84.9 Å². The van der Waals surface area contributed by atoms with Crippen LogP contribution in [0.25, 0.3) is 27.0 Å². The summed E-state index contributed by atoms with van der Waals surface area (Å²) in [5.41, 5.74) is 2.20. The lowest BCUT2D eigenvalue weighted by Crippen LogP contribution is -2.50. The maximum absolute atomic E-state index is 14.1. The van der Waals surface area contributed by atoms with Gasteiger partial charge in [-0.3, -0.25) is 28.1 Å². The first kappa shape index (κ1) is 60.2. The van der Waals surface area contributed by atoms with Crippen LogP contribution in [-0.4, -0.2) is 137 Å². The molecule has 1 amide bonds. The van der Waals surface area contributed by atoms with Crippen molar-refractivity contribution in [1.29, 1.82) is 0 Å². The molecule has 7 heterocycles. The third-order valence-electron chi connectivity index (χ3n) is 16.4. The molecule has 81 heavy (non-hydrogen) atoms. The van der Waals surface area contributed by atoms with Crippen LogP contribution in [0.5, 0.6) is 0 Å². The quantitative estimate of drug-likeness (QED) is 0.0247. The van der Waals surface area contributed by atoms with Crippen molar-refractivity contribution >= 4 is 75.1 Å². The predicted octanol–water partition coefficient (Wildman–Crippen LogP) is 9.25. The average molecular weight is 1180 g/mol. The number of anilines is 1. The van der Waals surface area contributed by atoms with Gasteiger partial charge in [0, 0.05) is 24.2 Å². The number of imidazole rings is 1. The summed E-state index contributed by atoms with van der Waals surface area (Å²) in [6.45, 7) is 26.8. The molecule has 1 unspecified atom stereocenters. The van der Waals surface area contributed by atoms with Crippen LogP contribution in [0.3, 0.4) is 0 Å². The van der Waals surface area contributed by atoms with E-state index in [1.807, 2.05) is 22.8 Å². The number of aliphatic hydroxyl groups excluding tert-OH is 1. The zero-order valence-corrected chi connectivity index (χ0v) is 51.6. The number of benzene rings is 2. The molecule has 434 valence electrons. The van der Waals surface area contributed by atoms with Crippen molar-refractivity contribution < 1.29 is 51.3 Å². The Morgan fingerprint density at radius 3 is 2.11 bits per heavy atom. The molecule has 9 atom stereocenters. The highest BCUT2D eigenvalue weighted by Gasteiger charge is 2.55. The van der Waals surface area contributed by atoms with Crippen LogP contribution in [0.4, 0.5) is 5.82 Å². The molecule has 3 aliphatic rings. The summed E-state index contributed by atoms with van der Waals surface area (Å²) in [5, 5.41) is 11.3. The molecule has 0 bridgehead atoms. The lowest BCUT2D eigenvalue weighted by Gasteiger charge is -2.41. The highest BCUT2D eigenvalue weighted by atomic mass is 32.5. The zero-order valence-electron chi connectivity index (χ0n) is 47.9. The molecule has 2 saturated heterocycles. The average Bonchev–Trinajstić information content (AvgIpc) is 3.76. The number of aliphatic hydroxyl groups is 1. The molecule has 1 N–H and O–H groups in total. The van der Waals surface area contributed by atoms with Crippen LogP contribution in [-0.2, 0) is 61.4 Å². The third kappa shape index (κ3) is 12.5. The van der Waals surface area contributed by atoms with Crippen molar-refractivity contribution in [3.8, 4) is 0 Å². The molecule has 2 aromatic carbocycles. The number of ether oxygens (including phenoxy) is 3. The van der Waals surface area contributed by atoms with E-state index in [0.717, 1.165) is 10.9 Å². The molecule has 25 heteroatoms. The van der Waals surface area contributed by atoms with Crippen molar-refractivity contribution in [2.24, 2.45) is 5.92 Å². The number of aryl methyl sites for hydroxylation is 1. The fourth-order valence-electron chi connectivity index (χ4n) is 9.80. The SMILES string of the molecule is [C-]#[N+]CCOP(=S)(OC[C@H]1O[C@@H](n2cc3c4c(ncnc42)N(C(=O)c2ccccc2)CCC3)[C@H](O[Si](C)(C)C(C)(C)C)[C@@H]1C)O[C@@H]1[C@H](O[Si](C)(C)C(C)(C)C)[C@@H](CO)O[C@H]1n1cnc2c(=O)n(CCOC(=O)c3ccccc3)cnc21. The van der Waals surface area contributed by atoms with Crippen LogP contribution in [0.2, 0.25) is 36.3 Å². The minimum absolute atomic E-state index is 0.00405. The highest BCUT2D eigenvalue weighted by molar-refractivity contribution is 8.07. The molecule has 0 aliphatic carbocycles. The number of hydrogen-bond acceptors (Lipinski definition) is 17. The first-order valence-electron chi connectivity index (χ1n) is 27.4. The molecule has 0 radical (unpaired) electrons. The van der Waals surface area contributed by atoms with Crippen molar-refractivity contribution in [2.45, 2.75) is 147 Å². The maximum atomic E-state index is 14.1. The molecular formula is C56H74N9O12PSSi2. The minimum atomic E-state index is -3.96. The Morgan fingerprint density at radius 2 is 1.46 bits per heavy atom. The lowest BCUT2D eigenvalue weighted by molar-refractivity contribution is -0.0559. The van der Waals surface area contributed by atoms with Crippen molar-refractivity contribution in [1.82, 2.24) is 33.6 Å². The van der Waals surface area contributed by atoms with E-state index in [2.05, 4.69) is 95.7 Å². The summed E-state index contributed by atoms with van der Waals surface area (Å²) in [5.74, 6) is -0.442. The first-order chi connectivity index (χ1) is 38.4. The fourth-order valence-corrected chi connectivity index (χ4v) is 14.5. The van der Waals surface area contributed by atoms with Gasteiger partial charge in [0.15, 0.2) is 40.3 Å². The van der Waals surface area contributed by atoms with Crippen LogP contribution < -0.4 is 10.5 Å². The lowest BCUT2D eigenvalue weighted by atomic mass is 10.0. The number of aromatic nitrogens is 7. The second-order valence-corrected chi connectivity index (χ2v) is 36.3. The Kier molecular flexibility index (Phi) is 17.9. The Balaban J connectivity index is 1.04. The molecule has 21 nitrogen and oxygen atoms in total. The van der Waals surface area contributed by atoms with E-state index in [4.69, 9.17) is 65.0 Å². The molecule has 6 aromatic rings. The number of hydrogen-bond donors (Lipinski definition) is 1. The van der Waals surface area contributed by atoms with E-state index in [9.17, 15) is 19.5 Å². The monoisotopic (exact) mass is 1180 g/mol. The molecule has 2 fully saturated rings. The number of fused-ring (bicyclic) bond motifs is 1. The van der Waals surface area contributed by atoms with Crippen LogP contribution in [0.15, 0.2) is 90.6 Å². The Labute approximate surface area is 479 Å². The number of rotatable bonds is 20. The molecule has 0 spiro atoms. The maximum Gasteiger partial charge on any atom is 0.338 e. The van der Waals surface area contributed by atoms with Gasteiger partial charge in [-0.25, -0.2) is 31.3 Å². The Morgan fingerprint density at radius 1 is 0.815 bits per heavy atom. The first-order valence-corrected chi connectivity index (χ1v) is 35.8. The summed E-state index contributed by atoms with van der Waals surface area (Å²) in [7, 11) is -5.19. The van der Waals surface area contributed by atoms with Crippen LogP contribution in [0.1, 0.15) is 93.6 Å². The smallest absolute Gasteiger partial charge is 0.338 e. The largest absolute Gasteiger partial charge is 0.460 e. The highest BCUT2D eigenvalue weighted by Crippen LogP contribution is 2.56. The van der Waals surface area contributed by atoms with Gasteiger partial charge in [0.05, 0.1) is 49.2 Å². The second kappa shape index (κ2) is 24.1. The van der Waals surface area contributed by atoms with E-state index in [1.54, 1.807) is 51.9 Å². The predicted molar refractivity (Wildman–Crippen MR) is 313 cm³/mol. The molecule has 4 aromatic heterocycles. The van der Waals surface area contributed by atoms with E-state index >= 15 is 0 Å². The summed E-state index contributed by atoms with van der Waals surface area (Å²) in [6.07, 6.45) is 1.59. The van der Waals surface area contributed by atoms with Gasteiger partial charge >= 0.3 is 12.7 Å². The number of amides is 1. The second-order valence-electron chi connectivity index (χ2n) is 23.8. The van der Waals surface area contributed by atoms with Crippen molar-refractivity contribution in [2.75, 3.05) is 44.4 Å². The number of nitrogens with zero attached hydrogens (tertiary/aromatic N) is 9. The van der Waals surface area contributed by atoms with Gasteiger partial charge in [0.1, 0.15) is 55.6 Å². The fraction of sp³-hybridized carbons (Fsp3) is 0.536. The number of carbonyl (C=O) groups excluding carboxylic acids is 2. The van der Waals surface area contributed by atoms with E-state index in [-0.39, 0.29) is 66.0 Å². The van der Waals surface area contributed by atoms with Gasteiger partial charge in [-0.2, -0.15) is 0 Å². The van der Waals surface area contributed by atoms with Crippen LogP contribution >= 0.6 is 6.72 Å². The third-order valence-corrected chi connectivity index (χ3v) is 27.7. The Bertz CT molecular complexity index is 3380. The van der Waals surface area contributed by atoms with E-state index in [1.165, 1.54) is 23.5 Å². The summed E-state index contributed by atoms with van der Waals surface area (Å²) >= 11 is 6.36. The van der Waals surface area contributed by atoms with Gasteiger partial charge in [0.25, 0.3) is 11.5 Å². The van der Waals surface area contributed by atoms with Gasteiger partial charge in [0.2, 0.25) is 6.54 Å². The zero-order chi connectivity index (χ0) is 58.2. The van der Waals surface area contributed by atoms with Crippen molar-refractivity contribution in [3.63, 3.8) is 0 Å². The topological polar surface area (TPSA) is 219 Å². The number of carbonyl (C=O) groups is 2. The van der Waals surface area contributed by atoms with E-state index < -0.39 is 84.5 Å². The summed E-state index contributed by atoms with van der Waals surface area (Å²) < 4.78 is 58.7. The number of esters is 1. The molecule has 9 rings (SSSR count). The normalized spacial score (nSPS) is 23.4. The van der Waals surface area contributed by atoms with Gasteiger partial charge in [-0.05, 0) is 90.7 Å². The van der Waals surface area contributed by atoms with Crippen molar-refractivity contribution in [3.05, 3.63) is 124 Å². The molecular weight excluding hydrogens is 1110 g/mol. The molecule has 0 saturated carbocycles. The standard InChI is InChI=1S/C56H74N9O12PSSi2/c1-36-41(74-52(44(36)76-80(9,10)55(2,3)4)64-30-39-24-19-26-63(47-42(39)48(64)59-33-58-47)50(67)37-20-15-13-16-21-37)32-72-78(79,71-28-25-57-8)75-46-45(77-81(11,12)56(5,6)7)40(31-66)73-53(46)65-35-60-43-49(65)61-34-62(51(43)68)27-29-70-54(69)38-22-17-14-18-23-38/h13-18,20-23,30,33-36,40-41,44-46,52-53,66H,19,24-29,31-32H2,1-7,9-12H3/t36-,40-,41-,44-,45-,46-,52-,53-,78?/m1/s1. The Hall–Kier alpha value is -5.40. The van der Waals surface area contributed by atoms with Crippen LogP contribution in [0, 0.1) is 12.5 Å². The van der Waals surface area contributed by atoms with Gasteiger partial charge in [-0.15, -0.1) is 0 Å². The minimum Gasteiger partial charge on any atom is -0.460 e. The van der Waals surface area contributed by atoms with Gasteiger partial charge < -0.3 is 46.6 Å².